The molecule has 0 N–H and O–H groups in total. The highest BCUT2D eigenvalue weighted by Gasteiger charge is 2.56. The average molecular weight is 279 g/mol. The number of ether oxygens (including phenoxy) is 1. The monoisotopic (exact) mass is 278 g/mol. The van der Waals surface area contributed by atoms with Crippen molar-refractivity contribution < 1.29 is 9.53 Å². The van der Waals surface area contributed by atoms with E-state index in [-0.39, 0.29) is 11.5 Å². The molecule has 2 saturated carbocycles. The first kappa shape index (κ1) is 13.0. The normalized spacial score (nSPS) is 25.2. The van der Waals surface area contributed by atoms with Crippen LogP contribution in [0.15, 0.2) is 18.2 Å². The number of hydrogen-bond acceptors (Lipinski definition) is 2. The molecule has 2 aliphatic rings. The third-order valence-corrected chi connectivity index (χ3v) is 4.94. The van der Waals surface area contributed by atoms with Gasteiger partial charge in [-0.2, -0.15) is 0 Å². The van der Waals surface area contributed by atoms with Gasteiger partial charge in [-0.1, -0.05) is 36.9 Å². The van der Waals surface area contributed by atoms with Gasteiger partial charge in [0.25, 0.3) is 0 Å². The lowest BCUT2D eigenvalue weighted by Gasteiger charge is -2.49. The van der Waals surface area contributed by atoms with Gasteiger partial charge in [0.1, 0.15) is 17.6 Å². The molecular weight excluding hydrogens is 260 g/mol. The van der Waals surface area contributed by atoms with E-state index in [4.69, 9.17) is 16.3 Å². The fourth-order valence-corrected chi connectivity index (χ4v) is 3.57. The van der Waals surface area contributed by atoms with Crippen LogP contribution in [-0.4, -0.2) is 11.9 Å². The maximum Gasteiger partial charge on any atom is 0.146 e. The van der Waals surface area contributed by atoms with E-state index in [2.05, 4.69) is 0 Å². The van der Waals surface area contributed by atoms with Gasteiger partial charge >= 0.3 is 0 Å². The van der Waals surface area contributed by atoms with Crippen LogP contribution in [0.2, 0.25) is 5.02 Å². The van der Waals surface area contributed by atoms with Crippen LogP contribution in [-0.2, 0) is 4.79 Å². The number of carbonyl (C=O) groups is 1. The molecule has 2 fully saturated rings. The van der Waals surface area contributed by atoms with Crippen molar-refractivity contribution in [3.8, 4) is 5.75 Å². The second-order valence-corrected chi connectivity index (χ2v) is 6.30. The zero-order chi connectivity index (χ0) is 13.5. The Labute approximate surface area is 119 Å². The van der Waals surface area contributed by atoms with Crippen LogP contribution in [0.25, 0.3) is 0 Å². The Balaban J connectivity index is 1.80. The third kappa shape index (κ3) is 2.16. The standard InChI is InChI=1S/C16H19ClO2/c1-11-5-6-12(17)9-13(11)19-15-10-14(18)16(15)7-3-2-4-8-16/h5-6,9,15H,2-4,7-8,10H2,1H3. The van der Waals surface area contributed by atoms with Gasteiger partial charge in [-0.05, 0) is 37.5 Å². The Morgan fingerprint density at radius 1 is 1.26 bits per heavy atom. The molecule has 3 rings (SSSR count). The van der Waals surface area contributed by atoms with Crippen molar-refractivity contribution in [2.75, 3.05) is 0 Å². The predicted octanol–water partition coefficient (Wildman–Crippen LogP) is 4.32. The maximum atomic E-state index is 12.1. The molecule has 3 heteroatoms. The minimum atomic E-state index is -0.187. The van der Waals surface area contributed by atoms with Crippen molar-refractivity contribution in [3.63, 3.8) is 0 Å². The fourth-order valence-electron chi connectivity index (χ4n) is 3.41. The average Bonchev–Trinajstić information content (AvgIpc) is 2.43. The van der Waals surface area contributed by atoms with Crippen molar-refractivity contribution in [3.05, 3.63) is 28.8 Å². The van der Waals surface area contributed by atoms with Crippen LogP contribution < -0.4 is 4.74 Å². The van der Waals surface area contributed by atoms with Crippen LogP contribution in [0.5, 0.6) is 5.75 Å². The molecule has 2 aliphatic carbocycles. The summed E-state index contributed by atoms with van der Waals surface area (Å²) in [4.78, 5) is 12.1. The summed E-state index contributed by atoms with van der Waals surface area (Å²) in [6.45, 7) is 2.01. The van der Waals surface area contributed by atoms with E-state index in [0.717, 1.165) is 37.0 Å². The number of ketones is 1. The highest BCUT2D eigenvalue weighted by Crippen LogP contribution is 2.50. The lowest BCUT2D eigenvalue weighted by Crippen LogP contribution is -2.57. The largest absolute Gasteiger partial charge is 0.489 e. The summed E-state index contributed by atoms with van der Waals surface area (Å²) in [5.74, 6) is 1.23. The van der Waals surface area contributed by atoms with E-state index < -0.39 is 0 Å². The van der Waals surface area contributed by atoms with Gasteiger partial charge in [-0.15, -0.1) is 0 Å². The third-order valence-electron chi connectivity index (χ3n) is 4.71. The summed E-state index contributed by atoms with van der Waals surface area (Å²) in [6.07, 6.45) is 6.16. The van der Waals surface area contributed by atoms with Gasteiger partial charge < -0.3 is 4.74 Å². The Morgan fingerprint density at radius 2 is 2.00 bits per heavy atom. The van der Waals surface area contributed by atoms with Crippen LogP contribution in [0.3, 0.4) is 0 Å². The number of benzene rings is 1. The predicted molar refractivity (Wildman–Crippen MR) is 75.7 cm³/mol. The van der Waals surface area contributed by atoms with Crippen LogP contribution in [0, 0.1) is 12.3 Å². The smallest absolute Gasteiger partial charge is 0.146 e. The van der Waals surface area contributed by atoms with Crippen molar-refractivity contribution in [2.45, 2.75) is 51.6 Å². The van der Waals surface area contributed by atoms with Gasteiger partial charge in [0.05, 0.1) is 5.41 Å². The van der Waals surface area contributed by atoms with E-state index in [1.165, 1.54) is 6.42 Å². The second kappa shape index (κ2) is 4.82. The Hall–Kier alpha value is -1.02. The molecule has 2 nitrogen and oxygen atoms in total. The molecule has 1 spiro atoms. The van der Waals surface area contributed by atoms with Crippen molar-refractivity contribution >= 4 is 17.4 Å². The number of hydrogen-bond donors (Lipinski definition) is 0. The Morgan fingerprint density at radius 3 is 2.68 bits per heavy atom. The second-order valence-electron chi connectivity index (χ2n) is 5.86. The summed E-state index contributed by atoms with van der Waals surface area (Å²) >= 11 is 6.02. The molecule has 1 aromatic rings. The zero-order valence-corrected chi connectivity index (χ0v) is 12.0. The van der Waals surface area contributed by atoms with Crippen molar-refractivity contribution in [1.29, 1.82) is 0 Å². The molecule has 0 bridgehead atoms. The van der Waals surface area contributed by atoms with Crippen LogP contribution >= 0.6 is 11.6 Å². The van der Waals surface area contributed by atoms with Crippen LogP contribution in [0.4, 0.5) is 0 Å². The van der Waals surface area contributed by atoms with Gasteiger partial charge in [-0.25, -0.2) is 0 Å². The molecule has 19 heavy (non-hydrogen) atoms. The number of aryl methyl sites for hydroxylation is 1. The maximum absolute atomic E-state index is 12.1. The number of Topliss-reactive ketones (excluding diaryl/α,β-unsaturated/α-hetero) is 1. The van der Waals surface area contributed by atoms with Gasteiger partial charge in [0, 0.05) is 11.4 Å². The minimum absolute atomic E-state index is 0.0532. The van der Waals surface area contributed by atoms with Gasteiger partial charge in [0.2, 0.25) is 0 Å². The van der Waals surface area contributed by atoms with E-state index in [0.29, 0.717) is 17.2 Å². The summed E-state index contributed by atoms with van der Waals surface area (Å²) in [6, 6.07) is 5.69. The summed E-state index contributed by atoms with van der Waals surface area (Å²) in [7, 11) is 0. The van der Waals surface area contributed by atoms with Gasteiger partial charge in [-0.3, -0.25) is 4.79 Å². The SMILES string of the molecule is Cc1ccc(Cl)cc1OC1CC(=O)C12CCCCC2. The van der Waals surface area contributed by atoms with Crippen molar-refractivity contribution in [1.82, 2.24) is 0 Å². The Bertz CT molecular complexity index is 503. The van der Waals surface area contributed by atoms with E-state index in [1.807, 2.05) is 25.1 Å². The van der Waals surface area contributed by atoms with Crippen LogP contribution in [0.1, 0.15) is 44.1 Å². The molecule has 1 unspecified atom stereocenters. The van der Waals surface area contributed by atoms with E-state index >= 15 is 0 Å². The fraction of sp³-hybridized carbons (Fsp3) is 0.562. The number of carbonyl (C=O) groups excluding carboxylic acids is 1. The molecule has 102 valence electrons. The molecule has 0 radical (unpaired) electrons. The first-order valence-corrected chi connectivity index (χ1v) is 7.46. The quantitative estimate of drug-likeness (QED) is 0.805. The molecular formula is C16H19ClO2. The lowest BCUT2D eigenvalue weighted by molar-refractivity contribution is -0.156. The summed E-state index contributed by atoms with van der Waals surface area (Å²) in [5.41, 5.74) is 0.891. The number of rotatable bonds is 2. The molecule has 0 amide bonds. The summed E-state index contributed by atoms with van der Waals surface area (Å²) < 4.78 is 6.12. The molecule has 1 atom stereocenters. The molecule has 0 aromatic heterocycles. The molecule has 0 saturated heterocycles. The highest BCUT2D eigenvalue weighted by atomic mass is 35.5. The molecule has 1 aromatic carbocycles. The zero-order valence-electron chi connectivity index (χ0n) is 11.2. The first-order chi connectivity index (χ1) is 9.12. The van der Waals surface area contributed by atoms with Gasteiger partial charge in [0.15, 0.2) is 0 Å². The Kier molecular flexibility index (Phi) is 3.30. The first-order valence-electron chi connectivity index (χ1n) is 7.08. The number of halogens is 1. The van der Waals surface area contributed by atoms with E-state index in [9.17, 15) is 4.79 Å². The van der Waals surface area contributed by atoms with E-state index in [1.54, 1.807) is 0 Å². The molecule has 0 heterocycles. The topological polar surface area (TPSA) is 26.3 Å². The minimum Gasteiger partial charge on any atom is -0.489 e. The molecule has 0 aliphatic heterocycles. The summed E-state index contributed by atoms with van der Waals surface area (Å²) in [5, 5.41) is 0.684. The highest BCUT2D eigenvalue weighted by molar-refractivity contribution is 6.30. The lowest BCUT2D eigenvalue weighted by atomic mass is 9.57. The van der Waals surface area contributed by atoms with Crippen molar-refractivity contribution in [2.24, 2.45) is 5.41 Å².